The second-order valence-corrected chi connectivity index (χ2v) is 4.77. The second-order valence-electron chi connectivity index (χ2n) is 4.77. The number of carbonyl (C=O) groups excluding carboxylic acids is 2. The van der Waals surface area contributed by atoms with E-state index in [0.29, 0.717) is 6.54 Å². The van der Waals surface area contributed by atoms with E-state index in [9.17, 15) is 9.59 Å². The number of carbonyl (C=O) groups is 2. The average molecular weight is 274 g/mol. The van der Waals surface area contributed by atoms with Gasteiger partial charge in [-0.05, 0) is 31.9 Å². The maximum atomic E-state index is 11.7. The van der Waals surface area contributed by atoms with Crippen molar-refractivity contribution in [3.8, 4) is 0 Å². The van der Waals surface area contributed by atoms with E-state index in [-0.39, 0.29) is 11.8 Å². The Morgan fingerprint density at radius 2 is 1.90 bits per heavy atom. The molecular formula is C16H22N2O2. The first-order valence-electron chi connectivity index (χ1n) is 6.86. The molecule has 0 saturated carbocycles. The molecule has 0 saturated heterocycles. The van der Waals surface area contributed by atoms with Crippen molar-refractivity contribution in [2.24, 2.45) is 0 Å². The van der Waals surface area contributed by atoms with E-state index in [1.165, 1.54) is 11.6 Å². The summed E-state index contributed by atoms with van der Waals surface area (Å²) in [6, 6.07) is 7.32. The SMILES string of the molecule is CCCNC(=O)[C@H](C)NC(=O)/C=C/c1ccc(C)cc1. The lowest BCUT2D eigenvalue weighted by Crippen LogP contribution is -2.44. The summed E-state index contributed by atoms with van der Waals surface area (Å²) in [6.07, 6.45) is 4.04. The molecule has 0 unspecified atom stereocenters. The quantitative estimate of drug-likeness (QED) is 0.780. The van der Waals surface area contributed by atoms with E-state index < -0.39 is 6.04 Å². The zero-order chi connectivity index (χ0) is 15.0. The summed E-state index contributed by atoms with van der Waals surface area (Å²) in [6.45, 7) is 6.28. The number of amides is 2. The van der Waals surface area contributed by atoms with E-state index in [0.717, 1.165) is 12.0 Å². The molecule has 4 nitrogen and oxygen atoms in total. The number of hydrogen-bond donors (Lipinski definition) is 2. The number of hydrogen-bond acceptors (Lipinski definition) is 2. The molecule has 0 aliphatic carbocycles. The minimum Gasteiger partial charge on any atom is -0.354 e. The van der Waals surface area contributed by atoms with Crippen molar-refractivity contribution < 1.29 is 9.59 Å². The summed E-state index contributed by atoms with van der Waals surface area (Å²) in [4.78, 5) is 23.3. The van der Waals surface area contributed by atoms with Crippen molar-refractivity contribution in [1.82, 2.24) is 10.6 Å². The van der Waals surface area contributed by atoms with Crippen LogP contribution in [0.25, 0.3) is 6.08 Å². The van der Waals surface area contributed by atoms with Gasteiger partial charge in [0.05, 0.1) is 0 Å². The average Bonchev–Trinajstić information content (AvgIpc) is 2.44. The van der Waals surface area contributed by atoms with Gasteiger partial charge in [0.25, 0.3) is 0 Å². The minimum absolute atomic E-state index is 0.163. The van der Waals surface area contributed by atoms with Crippen LogP contribution in [0.1, 0.15) is 31.4 Å². The highest BCUT2D eigenvalue weighted by Gasteiger charge is 2.12. The highest BCUT2D eigenvalue weighted by Crippen LogP contribution is 2.04. The largest absolute Gasteiger partial charge is 0.354 e. The second kappa shape index (κ2) is 8.15. The third-order valence-electron chi connectivity index (χ3n) is 2.81. The Bertz CT molecular complexity index is 478. The van der Waals surface area contributed by atoms with Crippen LogP contribution in [0.2, 0.25) is 0 Å². The molecule has 2 N–H and O–H groups in total. The highest BCUT2D eigenvalue weighted by molar-refractivity contribution is 5.95. The maximum absolute atomic E-state index is 11.7. The van der Waals surface area contributed by atoms with Crippen LogP contribution in [0.15, 0.2) is 30.3 Å². The Labute approximate surface area is 120 Å². The minimum atomic E-state index is -0.531. The Hall–Kier alpha value is -2.10. The van der Waals surface area contributed by atoms with Crippen LogP contribution in [-0.2, 0) is 9.59 Å². The van der Waals surface area contributed by atoms with E-state index in [1.54, 1.807) is 13.0 Å². The number of nitrogens with one attached hydrogen (secondary N) is 2. The van der Waals surface area contributed by atoms with Crippen molar-refractivity contribution >= 4 is 17.9 Å². The fourth-order valence-electron chi connectivity index (χ4n) is 1.58. The van der Waals surface area contributed by atoms with Crippen LogP contribution in [0.5, 0.6) is 0 Å². The molecular weight excluding hydrogens is 252 g/mol. The Balaban J connectivity index is 2.46. The van der Waals surface area contributed by atoms with Crippen molar-refractivity contribution in [1.29, 1.82) is 0 Å². The van der Waals surface area contributed by atoms with Crippen LogP contribution < -0.4 is 10.6 Å². The van der Waals surface area contributed by atoms with E-state index >= 15 is 0 Å². The molecule has 20 heavy (non-hydrogen) atoms. The molecule has 1 rings (SSSR count). The molecule has 0 aliphatic heterocycles. The summed E-state index contributed by atoms with van der Waals surface area (Å²) < 4.78 is 0. The molecule has 0 heterocycles. The van der Waals surface area contributed by atoms with Crippen LogP contribution >= 0.6 is 0 Å². The monoisotopic (exact) mass is 274 g/mol. The molecule has 0 fully saturated rings. The predicted octanol–water partition coefficient (Wildman–Crippen LogP) is 2.04. The Morgan fingerprint density at radius 1 is 1.25 bits per heavy atom. The van der Waals surface area contributed by atoms with Gasteiger partial charge >= 0.3 is 0 Å². The molecule has 0 aliphatic rings. The van der Waals surface area contributed by atoms with Gasteiger partial charge in [-0.1, -0.05) is 36.8 Å². The fraction of sp³-hybridized carbons (Fsp3) is 0.375. The van der Waals surface area contributed by atoms with Gasteiger partial charge in [0, 0.05) is 12.6 Å². The van der Waals surface area contributed by atoms with Gasteiger partial charge < -0.3 is 10.6 Å². The van der Waals surface area contributed by atoms with Gasteiger partial charge in [0.15, 0.2) is 0 Å². The normalized spacial score (nSPS) is 12.2. The van der Waals surface area contributed by atoms with Crippen molar-refractivity contribution in [2.45, 2.75) is 33.2 Å². The van der Waals surface area contributed by atoms with Crippen molar-refractivity contribution in [3.63, 3.8) is 0 Å². The van der Waals surface area contributed by atoms with Crippen LogP contribution in [0, 0.1) is 6.92 Å². The Kier molecular flexibility index (Phi) is 6.50. The lowest BCUT2D eigenvalue weighted by Gasteiger charge is -2.12. The molecule has 0 bridgehead atoms. The number of aryl methyl sites for hydroxylation is 1. The molecule has 1 atom stereocenters. The number of rotatable bonds is 6. The van der Waals surface area contributed by atoms with Gasteiger partial charge in [0.2, 0.25) is 11.8 Å². The summed E-state index contributed by atoms with van der Waals surface area (Å²) in [5.41, 5.74) is 2.13. The molecule has 0 spiro atoms. The first-order valence-corrected chi connectivity index (χ1v) is 6.86. The Morgan fingerprint density at radius 3 is 2.50 bits per heavy atom. The lowest BCUT2D eigenvalue weighted by atomic mass is 10.1. The van der Waals surface area contributed by atoms with Crippen molar-refractivity contribution in [2.75, 3.05) is 6.54 Å². The van der Waals surface area contributed by atoms with E-state index in [1.807, 2.05) is 38.1 Å². The molecule has 2 amide bonds. The zero-order valence-electron chi connectivity index (χ0n) is 12.3. The standard InChI is InChI=1S/C16H22N2O2/c1-4-11-17-16(20)13(3)18-15(19)10-9-14-7-5-12(2)6-8-14/h5-10,13H,4,11H2,1-3H3,(H,17,20)(H,18,19)/b10-9+/t13-/m0/s1. The molecule has 1 aromatic rings. The van der Waals surface area contributed by atoms with Gasteiger partial charge in [0.1, 0.15) is 6.04 Å². The summed E-state index contributed by atoms with van der Waals surface area (Å²) in [7, 11) is 0. The smallest absolute Gasteiger partial charge is 0.244 e. The lowest BCUT2D eigenvalue weighted by molar-refractivity contribution is -0.126. The zero-order valence-corrected chi connectivity index (χ0v) is 12.3. The summed E-state index contributed by atoms with van der Waals surface area (Å²) in [5.74, 6) is -0.436. The van der Waals surface area contributed by atoms with Crippen LogP contribution in [0.4, 0.5) is 0 Å². The first kappa shape index (κ1) is 16.0. The van der Waals surface area contributed by atoms with E-state index in [4.69, 9.17) is 0 Å². The molecule has 0 radical (unpaired) electrons. The van der Waals surface area contributed by atoms with Crippen LogP contribution in [0.3, 0.4) is 0 Å². The fourth-order valence-corrected chi connectivity index (χ4v) is 1.58. The van der Waals surface area contributed by atoms with E-state index in [2.05, 4.69) is 10.6 Å². The van der Waals surface area contributed by atoms with Gasteiger partial charge in [-0.3, -0.25) is 9.59 Å². The topological polar surface area (TPSA) is 58.2 Å². The predicted molar refractivity (Wildman–Crippen MR) is 81.1 cm³/mol. The third kappa shape index (κ3) is 5.69. The number of benzene rings is 1. The highest BCUT2D eigenvalue weighted by atomic mass is 16.2. The van der Waals surface area contributed by atoms with Gasteiger partial charge in [-0.25, -0.2) is 0 Å². The molecule has 108 valence electrons. The van der Waals surface area contributed by atoms with Gasteiger partial charge in [-0.2, -0.15) is 0 Å². The molecule has 4 heteroatoms. The van der Waals surface area contributed by atoms with Gasteiger partial charge in [-0.15, -0.1) is 0 Å². The van der Waals surface area contributed by atoms with Crippen molar-refractivity contribution in [3.05, 3.63) is 41.5 Å². The summed E-state index contributed by atoms with van der Waals surface area (Å²) in [5, 5.41) is 5.37. The van der Waals surface area contributed by atoms with Crippen LogP contribution in [-0.4, -0.2) is 24.4 Å². The molecule has 1 aromatic carbocycles. The third-order valence-corrected chi connectivity index (χ3v) is 2.81. The first-order chi connectivity index (χ1) is 9.52. The molecule has 0 aromatic heterocycles. The summed E-state index contributed by atoms with van der Waals surface area (Å²) >= 11 is 0. The maximum Gasteiger partial charge on any atom is 0.244 e.